The lowest BCUT2D eigenvalue weighted by molar-refractivity contribution is 0.298. The van der Waals surface area contributed by atoms with E-state index in [4.69, 9.17) is 5.11 Å². The summed E-state index contributed by atoms with van der Waals surface area (Å²) in [7, 11) is 2.03. The predicted molar refractivity (Wildman–Crippen MR) is 75.2 cm³/mol. The molecule has 2 N–H and O–H groups in total. The van der Waals surface area contributed by atoms with Gasteiger partial charge >= 0.3 is 0 Å². The number of likely N-dealkylation sites (tertiary alicyclic amines) is 1. The second-order valence-corrected chi connectivity index (χ2v) is 5.47. The van der Waals surface area contributed by atoms with Crippen molar-refractivity contribution in [1.29, 1.82) is 0 Å². The smallest absolute Gasteiger partial charge is 0.122 e. The highest BCUT2D eigenvalue weighted by Crippen LogP contribution is 2.27. The zero-order chi connectivity index (χ0) is 13.9. The molecule has 0 saturated carbocycles. The van der Waals surface area contributed by atoms with Gasteiger partial charge in [0.05, 0.1) is 12.2 Å². The normalized spacial score (nSPS) is 19.8. The SMILES string of the molecule is Cn1ccnc1CN1CC[C@H](c2cc(CCO)[nH]n2)C1. The van der Waals surface area contributed by atoms with Crippen LogP contribution in [0.4, 0.5) is 0 Å². The maximum absolute atomic E-state index is 8.94. The van der Waals surface area contributed by atoms with Gasteiger partial charge in [-0.15, -0.1) is 0 Å². The van der Waals surface area contributed by atoms with Crippen LogP contribution in [0.15, 0.2) is 18.5 Å². The Hall–Kier alpha value is -1.66. The molecule has 0 unspecified atom stereocenters. The fourth-order valence-corrected chi connectivity index (χ4v) is 2.80. The highest BCUT2D eigenvalue weighted by molar-refractivity contribution is 5.15. The van der Waals surface area contributed by atoms with Crippen molar-refractivity contribution >= 4 is 0 Å². The van der Waals surface area contributed by atoms with E-state index < -0.39 is 0 Å². The summed E-state index contributed by atoms with van der Waals surface area (Å²) in [5, 5.41) is 16.3. The van der Waals surface area contributed by atoms with Crippen molar-refractivity contribution in [1.82, 2.24) is 24.6 Å². The Morgan fingerprint density at radius 2 is 2.40 bits per heavy atom. The molecule has 0 radical (unpaired) electrons. The molecule has 1 fully saturated rings. The predicted octanol–water partition coefficient (Wildman–Crippen LogP) is 0.667. The van der Waals surface area contributed by atoms with E-state index in [-0.39, 0.29) is 6.61 Å². The average molecular weight is 275 g/mol. The Bertz CT molecular complexity index is 561. The second kappa shape index (κ2) is 5.76. The van der Waals surface area contributed by atoms with E-state index in [1.165, 1.54) is 0 Å². The third-order valence-electron chi connectivity index (χ3n) is 4.01. The summed E-state index contributed by atoms with van der Waals surface area (Å²) >= 11 is 0. The van der Waals surface area contributed by atoms with Crippen molar-refractivity contribution in [3.63, 3.8) is 0 Å². The lowest BCUT2D eigenvalue weighted by Gasteiger charge is -2.14. The summed E-state index contributed by atoms with van der Waals surface area (Å²) in [4.78, 5) is 6.80. The maximum atomic E-state index is 8.94. The number of aryl methyl sites for hydroxylation is 1. The van der Waals surface area contributed by atoms with Crippen LogP contribution in [-0.2, 0) is 20.0 Å². The third kappa shape index (κ3) is 2.76. The van der Waals surface area contributed by atoms with E-state index >= 15 is 0 Å². The van der Waals surface area contributed by atoms with Gasteiger partial charge in [0, 0.05) is 50.6 Å². The first-order valence-electron chi connectivity index (χ1n) is 7.10. The molecule has 0 amide bonds. The van der Waals surface area contributed by atoms with Crippen molar-refractivity contribution in [3.05, 3.63) is 35.7 Å². The van der Waals surface area contributed by atoms with Crippen LogP contribution in [0.1, 0.15) is 29.6 Å². The number of H-pyrrole nitrogens is 1. The lowest BCUT2D eigenvalue weighted by Crippen LogP contribution is -2.21. The summed E-state index contributed by atoms with van der Waals surface area (Å²) in [6.07, 6.45) is 5.61. The highest BCUT2D eigenvalue weighted by atomic mass is 16.3. The number of hydrogen-bond donors (Lipinski definition) is 2. The number of aromatic nitrogens is 4. The Morgan fingerprint density at radius 3 is 3.15 bits per heavy atom. The van der Waals surface area contributed by atoms with Gasteiger partial charge in [-0.05, 0) is 19.0 Å². The summed E-state index contributed by atoms with van der Waals surface area (Å²) in [6.45, 7) is 3.17. The van der Waals surface area contributed by atoms with E-state index in [1.54, 1.807) is 0 Å². The van der Waals surface area contributed by atoms with Gasteiger partial charge in [-0.1, -0.05) is 0 Å². The van der Waals surface area contributed by atoms with Crippen LogP contribution < -0.4 is 0 Å². The molecule has 20 heavy (non-hydrogen) atoms. The van der Waals surface area contributed by atoms with Crippen LogP contribution >= 0.6 is 0 Å². The quantitative estimate of drug-likeness (QED) is 0.841. The van der Waals surface area contributed by atoms with Crippen molar-refractivity contribution in [2.45, 2.75) is 25.3 Å². The number of aliphatic hydroxyl groups excluding tert-OH is 1. The van der Waals surface area contributed by atoms with Crippen molar-refractivity contribution in [3.8, 4) is 0 Å². The summed E-state index contributed by atoms with van der Waals surface area (Å²) in [5.41, 5.74) is 2.14. The van der Waals surface area contributed by atoms with E-state index in [1.807, 2.05) is 19.4 Å². The van der Waals surface area contributed by atoms with Crippen LogP contribution in [0.3, 0.4) is 0 Å². The summed E-state index contributed by atoms with van der Waals surface area (Å²) < 4.78 is 2.07. The minimum Gasteiger partial charge on any atom is -0.396 e. The molecular formula is C14H21N5O. The van der Waals surface area contributed by atoms with Crippen LogP contribution in [0.5, 0.6) is 0 Å². The van der Waals surface area contributed by atoms with Gasteiger partial charge in [0.1, 0.15) is 5.82 Å². The van der Waals surface area contributed by atoms with Gasteiger partial charge in [-0.25, -0.2) is 4.98 Å². The Morgan fingerprint density at radius 1 is 1.50 bits per heavy atom. The van der Waals surface area contributed by atoms with Gasteiger partial charge in [0.2, 0.25) is 0 Å². The molecule has 1 atom stereocenters. The first-order chi connectivity index (χ1) is 9.76. The molecule has 1 saturated heterocycles. The first kappa shape index (κ1) is 13.3. The third-order valence-corrected chi connectivity index (χ3v) is 4.01. The Labute approximate surface area is 118 Å². The molecule has 2 aromatic heterocycles. The minimum absolute atomic E-state index is 0.164. The van der Waals surface area contributed by atoms with Gasteiger partial charge in [0.25, 0.3) is 0 Å². The number of nitrogens with zero attached hydrogens (tertiary/aromatic N) is 4. The largest absolute Gasteiger partial charge is 0.396 e. The molecule has 108 valence electrons. The monoisotopic (exact) mass is 275 g/mol. The van der Waals surface area contributed by atoms with Crippen molar-refractivity contribution in [2.24, 2.45) is 7.05 Å². The van der Waals surface area contributed by atoms with E-state index in [0.717, 1.165) is 43.3 Å². The molecule has 3 rings (SSSR count). The molecule has 1 aliphatic heterocycles. The number of aliphatic hydroxyl groups is 1. The summed E-state index contributed by atoms with van der Waals surface area (Å²) in [5.74, 6) is 1.59. The van der Waals surface area contributed by atoms with E-state index in [0.29, 0.717) is 12.3 Å². The highest BCUT2D eigenvalue weighted by Gasteiger charge is 2.26. The van der Waals surface area contributed by atoms with Gasteiger partial charge < -0.3 is 9.67 Å². The molecule has 0 spiro atoms. The van der Waals surface area contributed by atoms with Crippen LogP contribution in [-0.4, -0.2) is 49.5 Å². The first-order valence-corrected chi connectivity index (χ1v) is 7.10. The molecule has 6 heteroatoms. The molecule has 2 aromatic rings. The number of hydrogen-bond acceptors (Lipinski definition) is 4. The maximum Gasteiger partial charge on any atom is 0.122 e. The number of aromatic amines is 1. The standard InChI is InChI=1S/C14H21N5O/c1-18-6-4-15-14(18)10-19-5-2-11(9-19)13-8-12(3-7-20)16-17-13/h4,6,8,11,20H,2-3,5,7,9-10H2,1H3,(H,16,17)/t11-/m0/s1. The second-order valence-electron chi connectivity index (χ2n) is 5.47. The molecule has 3 heterocycles. The van der Waals surface area contributed by atoms with Gasteiger partial charge in [0.15, 0.2) is 0 Å². The van der Waals surface area contributed by atoms with Crippen LogP contribution in [0.2, 0.25) is 0 Å². The zero-order valence-electron chi connectivity index (χ0n) is 11.8. The summed E-state index contributed by atoms with van der Waals surface area (Å²) in [6, 6.07) is 2.09. The Kier molecular flexibility index (Phi) is 3.84. The number of imidazole rings is 1. The molecule has 0 aliphatic carbocycles. The molecule has 1 aliphatic rings. The van der Waals surface area contributed by atoms with Crippen LogP contribution in [0, 0.1) is 0 Å². The topological polar surface area (TPSA) is 70.0 Å². The van der Waals surface area contributed by atoms with Crippen LogP contribution in [0.25, 0.3) is 0 Å². The number of rotatable bonds is 5. The molecule has 0 bridgehead atoms. The van der Waals surface area contributed by atoms with Gasteiger partial charge in [-0.3, -0.25) is 10.00 Å². The Balaban J connectivity index is 1.60. The van der Waals surface area contributed by atoms with Crippen molar-refractivity contribution in [2.75, 3.05) is 19.7 Å². The fourth-order valence-electron chi connectivity index (χ4n) is 2.80. The average Bonchev–Trinajstić information content (AvgIpc) is 3.13. The lowest BCUT2D eigenvalue weighted by atomic mass is 10.0. The fraction of sp³-hybridized carbons (Fsp3) is 0.571. The molecule has 6 nitrogen and oxygen atoms in total. The van der Waals surface area contributed by atoms with Gasteiger partial charge in [-0.2, -0.15) is 5.10 Å². The van der Waals surface area contributed by atoms with Crippen molar-refractivity contribution < 1.29 is 5.11 Å². The molecular weight excluding hydrogens is 254 g/mol. The zero-order valence-corrected chi connectivity index (χ0v) is 11.8. The van der Waals surface area contributed by atoms with E-state index in [2.05, 4.69) is 30.7 Å². The number of nitrogens with one attached hydrogen (secondary N) is 1. The minimum atomic E-state index is 0.164. The van der Waals surface area contributed by atoms with E-state index in [9.17, 15) is 0 Å². The molecule has 0 aromatic carbocycles.